The van der Waals surface area contributed by atoms with E-state index in [-0.39, 0.29) is 0 Å². The highest BCUT2D eigenvalue weighted by Gasteiger charge is 2.02. The Labute approximate surface area is 158 Å². The summed E-state index contributed by atoms with van der Waals surface area (Å²) in [5.74, 6) is 2.24. The topological polar surface area (TPSA) is 86.2 Å². The lowest BCUT2D eigenvalue weighted by Crippen LogP contribution is -2.04. The molecule has 0 aliphatic carbocycles. The maximum atomic E-state index is 7.83. The molecule has 0 fully saturated rings. The maximum Gasteiger partial charge on any atom is 0.127 e. The SMILES string of the molecule is N=C(C=CN)c1ccc(Oc2ccc(OCCCn3cccn3)cc2)cc1. The van der Waals surface area contributed by atoms with Crippen molar-refractivity contribution < 1.29 is 9.47 Å². The fourth-order valence-corrected chi connectivity index (χ4v) is 2.48. The average molecular weight is 362 g/mol. The molecule has 1 aromatic heterocycles. The van der Waals surface area contributed by atoms with Crippen molar-refractivity contribution >= 4 is 5.71 Å². The van der Waals surface area contributed by atoms with Crippen molar-refractivity contribution in [3.8, 4) is 17.2 Å². The van der Waals surface area contributed by atoms with Gasteiger partial charge in [-0.3, -0.25) is 4.68 Å². The smallest absolute Gasteiger partial charge is 0.127 e. The van der Waals surface area contributed by atoms with E-state index in [1.807, 2.05) is 65.5 Å². The number of allylic oxidation sites excluding steroid dienone is 1. The summed E-state index contributed by atoms with van der Waals surface area (Å²) < 4.78 is 13.4. The molecule has 138 valence electrons. The number of hydrogen-bond acceptors (Lipinski definition) is 5. The summed E-state index contributed by atoms with van der Waals surface area (Å²) >= 11 is 0. The molecule has 2 aromatic carbocycles. The number of aromatic nitrogens is 2. The summed E-state index contributed by atoms with van der Waals surface area (Å²) in [5, 5.41) is 12.0. The second-order valence-electron chi connectivity index (χ2n) is 5.84. The van der Waals surface area contributed by atoms with Crippen LogP contribution in [0.1, 0.15) is 12.0 Å². The fraction of sp³-hybridized carbons (Fsp3) is 0.143. The first-order valence-corrected chi connectivity index (χ1v) is 8.70. The minimum absolute atomic E-state index is 0.359. The molecule has 6 heteroatoms. The van der Waals surface area contributed by atoms with Crippen LogP contribution in [-0.4, -0.2) is 22.1 Å². The Kier molecular flexibility index (Phi) is 6.25. The van der Waals surface area contributed by atoms with Crippen molar-refractivity contribution in [1.82, 2.24) is 9.78 Å². The van der Waals surface area contributed by atoms with Gasteiger partial charge in [0.25, 0.3) is 0 Å². The van der Waals surface area contributed by atoms with Crippen LogP contribution in [0.3, 0.4) is 0 Å². The second-order valence-corrected chi connectivity index (χ2v) is 5.84. The average Bonchev–Trinajstić information content (AvgIpc) is 3.21. The predicted octanol–water partition coefficient (Wildman–Crippen LogP) is 3.98. The first-order chi connectivity index (χ1) is 13.2. The Hall–Kier alpha value is -3.54. The Morgan fingerprint density at radius 3 is 2.33 bits per heavy atom. The molecule has 1 heterocycles. The van der Waals surface area contributed by atoms with Gasteiger partial charge in [0.2, 0.25) is 0 Å². The summed E-state index contributed by atoms with van der Waals surface area (Å²) in [6.45, 7) is 1.47. The molecule has 0 bridgehead atoms. The van der Waals surface area contributed by atoms with E-state index in [0.717, 1.165) is 30.0 Å². The van der Waals surface area contributed by atoms with Gasteiger partial charge in [-0.05, 0) is 72.4 Å². The Balaban J connectivity index is 1.47. The summed E-state index contributed by atoms with van der Waals surface area (Å²) in [7, 11) is 0. The minimum Gasteiger partial charge on any atom is -0.494 e. The van der Waals surface area contributed by atoms with Gasteiger partial charge in [-0.1, -0.05) is 0 Å². The third-order valence-electron chi connectivity index (χ3n) is 3.85. The van der Waals surface area contributed by atoms with Crippen LogP contribution in [0.25, 0.3) is 0 Å². The Morgan fingerprint density at radius 2 is 1.70 bits per heavy atom. The van der Waals surface area contributed by atoms with E-state index in [4.69, 9.17) is 20.6 Å². The number of ether oxygens (including phenoxy) is 2. The van der Waals surface area contributed by atoms with Crippen molar-refractivity contribution in [1.29, 1.82) is 5.41 Å². The summed E-state index contributed by atoms with van der Waals surface area (Å²) in [6.07, 6.45) is 7.50. The van der Waals surface area contributed by atoms with Crippen molar-refractivity contribution in [2.45, 2.75) is 13.0 Å². The van der Waals surface area contributed by atoms with Crippen molar-refractivity contribution in [3.05, 3.63) is 84.8 Å². The van der Waals surface area contributed by atoms with Gasteiger partial charge in [0.1, 0.15) is 17.2 Å². The number of aryl methyl sites for hydroxylation is 1. The van der Waals surface area contributed by atoms with Crippen LogP contribution in [-0.2, 0) is 6.54 Å². The highest BCUT2D eigenvalue weighted by molar-refractivity contribution is 6.06. The van der Waals surface area contributed by atoms with Gasteiger partial charge in [-0.15, -0.1) is 0 Å². The Morgan fingerprint density at radius 1 is 1.04 bits per heavy atom. The largest absolute Gasteiger partial charge is 0.494 e. The normalized spacial score (nSPS) is 10.8. The minimum atomic E-state index is 0.359. The lowest BCUT2D eigenvalue weighted by atomic mass is 10.1. The molecule has 3 rings (SSSR count). The summed E-state index contributed by atoms with van der Waals surface area (Å²) in [4.78, 5) is 0. The fourth-order valence-electron chi connectivity index (χ4n) is 2.48. The highest BCUT2D eigenvalue weighted by Crippen LogP contribution is 2.24. The molecule has 0 aliphatic heterocycles. The highest BCUT2D eigenvalue weighted by atomic mass is 16.5. The quantitative estimate of drug-likeness (QED) is 0.445. The molecular weight excluding hydrogens is 340 g/mol. The van der Waals surface area contributed by atoms with Gasteiger partial charge >= 0.3 is 0 Å². The van der Waals surface area contributed by atoms with Crippen LogP contribution in [0.4, 0.5) is 0 Å². The molecule has 0 amide bonds. The monoisotopic (exact) mass is 362 g/mol. The first kappa shape index (κ1) is 18.3. The zero-order valence-electron chi connectivity index (χ0n) is 14.9. The van der Waals surface area contributed by atoms with E-state index in [1.54, 1.807) is 12.3 Å². The third-order valence-corrected chi connectivity index (χ3v) is 3.85. The number of benzene rings is 2. The van der Waals surface area contributed by atoms with Gasteiger partial charge < -0.3 is 20.6 Å². The van der Waals surface area contributed by atoms with Gasteiger partial charge in [0, 0.05) is 25.4 Å². The van der Waals surface area contributed by atoms with Crippen LogP contribution in [0.2, 0.25) is 0 Å². The van der Waals surface area contributed by atoms with Gasteiger partial charge in [0.15, 0.2) is 0 Å². The number of nitrogens with one attached hydrogen (secondary N) is 1. The summed E-state index contributed by atoms with van der Waals surface area (Å²) in [5.41, 5.74) is 6.45. The molecule has 6 nitrogen and oxygen atoms in total. The van der Waals surface area contributed by atoms with Gasteiger partial charge in [-0.25, -0.2) is 0 Å². The zero-order valence-corrected chi connectivity index (χ0v) is 14.9. The van der Waals surface area contributed by atoms with E-state index >= 15 is 0 Å². The van der Waals surface area contributed by atoms with Gasteiger partial charge in [-0.2, -0.15) is 5.10 Å². The van der Waals surface area contributed by atoms with Gasteiger partial charge in [0.05, 0.1) is 12.3 Å². The van der Waals surface area contributed by atoms with E-state index in [2.05, 4.69) is 5.10 Å². The first-order valence-electron chi connectivity index (χ1n) is 8.70. The molecule has 0 atom stereocenters. The number of nitrogens with zero attached hydrogens (tertiary/aromatic N) is 2. The van der Waals surface area contributed by atoms with E-state index in [9.17, 15) is 0 Å². The number of nitrogens with two attached hydrogens (primary N) is 1. The molecular formula is C21H22N4O2. The van der Waals surface area contributed by atoms with Crippen LogP contribution in [0.15, 0.2) is 79.3 Å². The number of hydrogen-bond donors (Lipinski definition) is 2. The molecule has 27 heavy (non-hydrogen) atoms. The van der Waals surface area contributed by atoms with Crippen molar-refractivity contribution in [2.75, 3.05) is 6.61 Å². The maximum absolute atomic E-state index is 7.83. The second kappa shape index (κ2) is 9.24. The molecule has 0 aliphatic rings. The zero-order chi connectivity index (χ0) is 18.9. The molecule has 3 N–H and O–H groups in total. The van der Waals surface area contributed by atoms with Crippen LogP contribution in [0, 0.1) is 5.41 Å². The number of rotatable bonds is 9. The molecule has 0 saturated carbocycles. The van der Waals surface area contributed by atoms with E-state index in [0.29, 0.717) is 18.1 Å². The molecule has 0 radical (unpaired) electrons. The van der Waals surface area contributed by atoms with Crippen LogP contribution in [0.5, 0.6) is 17.2 Å². The van der Waals surface area contributed by atoms with Crippen molar-refractivity contribution in [2.24, 2.45) is 5.73 Å². The lowest BCUT2D eigenvalue weighted by Gasteiger charge is -2.09. The molecule has 3 aromatic rings. The van der Waals surface area contributed by atoms with E-state index in [1.165, 1.54) is 6.20 Å². The van der Waals surface area contributed by atoms with E-state index < -0.39 is 0 Å². The van der Waals surface area contributed by atoms with Crippen LogP contribution < -0.4 is 15.2 Å². The molecule has 0 spiro atoms. The molecule has 0 saturated heterocycles. The standard InChI is InChI=1S/C21H22N4O2/c22-12-11-21(23)17-3-5-19(6-4-17)27-20-9-7-18(8-10-20)26-16-2-15-25-14-1-13-24-25/h1,3-14,23H,2,15-16,22H2. The lowest BCUT2D eigenvalue weighted by molar-refractivity contribution is 0.298. The van der Waals surface area contributed by atoms with Crippen molar-refractivity contribution in [3.63, 3.8) is 0 Å². The van der Waals surface area contributed by atoms with Crippen LogP contribution >= 0.6 is 0 Å². The third kappa shape index (κ3) is 5.47. The predicted molar refractivity (Wildman–Crippen MR) is 105 cm³/mol. The summed E-state index contributed by atoms with van der Waals surface area (Å²) in [6, 6.07) is 16.7. The Bertz CT molecular complexity index is 870. The molecule has 0 unspecified atom stereocenters.